The van der Waals surface area contributed by atoms with Crippen molar-refractivity contribution in [2.75, 3.05) is 13.6 Å². The maximum atomic E-state index is 12.4. The molecule has 22 heavy (non-hydrogen) atoms. The van der Waals surface area contributed by atoms with E-state index in [4.69, 9.17) is 5.73 Å². The van der Waals surface area contributed by atoms with Gasteiger partial charge in [0.1, 0.15) is 0 Å². The molecule has 0 saturated carbocycles. The summed E-state index contributed by atoms with van der Waals surface area (Å²) in [4.78, 5) is 30.5. The fourth-order valence-corrected chi connectivity index (χ4v) is 2.29. The number of rotatable bonds is 5. The summed E-state index contributed by atoms with van der Waals surface area (Å²) < 4.78 is 1.49. The average Bonchev–Trinajstić information content (AvgIpc) is 2.53. The standard InChI is InChI=1S/C16H22N4O2/c1-11-5-4-6-13-15(11)18-10-20(16(13)22)8-7-14(21)19(3)12(2)9-17/h4-6,10,12H,7-9,17H2,1-3H3. The highest BCUT2D eigenvalue weighted by Gasteiger charge is 2.14. The van der Waals surface area contributed by atoms with Crippen LogP contribution in [0.1, 0.15) is 18.9 Å². The van der Waals surface area contributed by atoms with Crippen LogP contribution in [0.25, 0.3) is 10.9 Å². The van der Waals surface area contributed by atoms with E-state index in [1.165, 1.54) is 10.9 Å². The first-order valence-electron chi connectivity index (χ1n) is 7.36. The first kappa shape index (κ1) is 16.2. The molecule has 0 bridgehead atoms. The third-order valence-corrected chi connectivity index (χ3v) is 4.02. The van der Waals surface area contributed by atoms with Crippen LogP contribution in [0, 0.1) is 6.92 Å². The lowest BCUT2D eigenvalue weighted by Gasteiger charge is -2.23. The summed E-state index contributed by atoms with van der Waals surface area (Å²) in [6.45, 7) is 4.55. The van der Waals surface area contributed by atoms with E-state index < -0.39 is 0 Å². The number of aryl methyl sites for hydroxylation is 2. The van der Waals surface area contributed by atoms with Crippen LogP contribution in [0.5, 0.6) is 0 Å². The van der Waals surface area contributed by atoms with E-state index in [-0.39, 0.29) is 23.9 Å². The zero-order valence-electron chi connectivity index (χ0n) is 13.2. The summed E-state index contributed by atoms with van der Waals surface area (Å²) in [5.74, 6) is -0.0332. The van der Waals surface area contributed by atoms with Crippen molar-refractivity contribution < 1.29 is 4.79 Å². The number of hydrogen-bond acceptors (Lipinski definition) is 4. The quantitative estimate of drug-likeness (QED) is 0.890. The van der Waals surface area contributed by atoms with E-state index >= 15 is 0 Å². The molecule has 0 saturated heterocycles. The van der Waals surface area contributed by atoms with Gasteiger partial charge in [0, 0.05) is 32.6 Å². The Hall–Kier alpha value is -2.21. The van der Waals surface area contributed by atoms with Crippen LogP contribution in [0.3, 0.4) is 0 Å². The molecule has 6 nitrogen and oxygen atoms in total. The third-order valence-electron chi connectivity index (χ3n) is 4.02. The maximum absolute atomic E-state index is 12.4. The maximum Gasteiger partial charge on any atom is 0.261 e. The molecule has 0 radical (unpaired) electrons. The number of para-hydroxylation sites is 1. The van der Waals surface area contributed by atoms with E-state index in [2.05, 4.69) is 4.98 Å². The summed E-state index contributed by atoms with van der Waals surface area (Å²) in [7, 11) is 1.73. The van der Waals surface area contributed by atoms with Gasteiger partial charge in [0.25, 0.3) is 5.56 Å². The lowest BCUT2D eigenvalue weighted by Crippen LogP contribution is -2.40. The first-order chi connectivity index (χ1) is 10.5. The summed E-state index contributed by atoms with van der Waals surface area (Å²) in [6.07, 6.45) is 1.76. The van der Waals surface area contributed by atoms with E-state index in [0.29, 0.717) is 24.0 Å². The molecule has 0 fully saturated rings. The fourth-order valence-electron chi connectivity index (χ4n) is 2.29. The number of likely N-dealkylation sites (N-methyl/N-ethyl adjacent to an activating group) is 1. The minimum Gasteiger partial charge on any atom is -0.342 e. The van der Waals surface area contributed by atoms with Crippen molar-refractivity contribution in [3.63, 3.8) is 0 Å². The molecular formula is C16H22N4O2. The number of aromatic nitrogens is 2. The van der Waals surface area contributed by atoms with Crippen LogP contribution >= 0.6 is 0 Å². The predicted octanol–water partition coefficient (Wildman–Crippen LogP) is 0.901. The van der Waals surface area contributed by atoms with E-state index in [1.807, 2.05) is 26.0 Å². The number of carbonyl (C=O) groups is 1. The van der Waals surface area contributed by atoms with Crippen molar-refractivity contribution in [3.8, 4) is 0 Å². The summed E-state index contributed by atoms with van der Waals surface area (Å²) in [5.41, 5.74) is 7.12. The van der Waals surface area contributed by atoms with Crippen molar-refractivity contribution in [2.45, 2.75) is 32.9 Å². The van der Waals surface area contributed by atoms with Gasteiger partial charge >= 0.3 is 0 Å². The Balaban J connectivity index is 2.18. The second kappa shape index (κ2) is 6.70. The normalized spacial score (nSPS) is 12.4. The van der Waals surface area contributed by atoms with Crippen molar-refractivity contribution in [1.82, 2.24) is 14.5 Å². The van der Waals surface area contributed by atoms with Crippen molar-refractivity contribution >= 4 is 16.8 Å². The molecule has 1 atom stereocenters. The van der Waals surface area contributed by atoms with Crippen LogP contribution in [-0.2, 0) is 11.3 Å². The number of hydrogen-bond donors (Lipinski definition) is 1. The Labute approximate surface area is 129 Å². The molecule has 1 heterocycles. The van der Waals surface area contributed by atoms with Gasteiger partial charge in [0.15, 0.2) is 0 Å². The fraction of sp³-hybridized carbons (Fsp3) is 0.438. The molecule has 1 unspecified atom stereocenters. The van der Waals surface area contributed by atoms with Gasteiger partial charge in [-0.3, -0.25) is 14.2 Å². The predicted molar refractivity (Wildman–Crippen MR) is 86.6 cm³/mol. The number of carbonyl (C=O) groups excluding carboxylic acids is 1. The molecule has 2 rings (SSSR count). The number of benzene rings is 1. The highest BCUT2D eigenvalue weighted by atomic mass is 16.2. The molecule has 6 heteroatoms. The van der Waals surface area contributed by atoms with Gasteiger partial charge in [-0.15, -0.1) is 0 Å². The minimum atomic E-state index is -0.115. The monoisotopic (exact) mass is 302 g/mol. The number of nitrogens with two attached hydrogens (primary N) is 1. The van der Waals surface area contributed by atoms with Gasteiger partial charge in [-0.25, -0.2) is 4.98 Å². The Morgan fingerprint density at radius 3 is 2.86 bits per heavy atom. The topological polar surface area (TPSA) is 81.2 Å². The van der Waals surface area contributed by atoms with Crippen molar-refractivity contribution in [3.05, 3.63) is 40.4 Å². The molecule has 1 amide bonds. The smallest absolute Gasteiger partial charge is 0.261 e. The molecule has 118 valence electrons. The Kier molecular flexibility index (Phi) is 4.92. The lowest BCUT2D eigenvalue weighted by molar-refractivity contribution is -0.131. The Morgan fingerprint density at radius 2 is 2.18 bits per heavy atom. The molecule has 2 aromatic rings. The lowest BCUT2D eigenvalue weighted by atomic mass is 10.1. The Bertz CT molecular complexity index is 738. The summed E-state index contributed by atoms with van der Waals surface area (Å²) in [5, 5.41) is 0.582. The zero-order chi connectivity index (χ0) is 16.3. The van der Waals surface area contributed by atoms with Crippen LogP contribution in [0.4, 0.5) is 0 Å². The van der Waals surface area contributed by atoms with Gasteiger partial charge in [-0.1, -0.05) is 12.1 Å². The molecular weight excluding hydrogens is 280 g/mol. The van der Waals surface area contributed by atoms with E-state index in [9.17, 15) is 9.59 Å². The zero-order valence-corrected chi connectivity index (χ0v) is 13.2. The number of fused-ring (bicyclic) bond motifs is 1. The molecule has 1 aromatic heterocycles. The molecule has 0 aliphatic rings. The van der Waals surface area contributed by atoms with Gasteiger partial charge in [0.2, 0.25) is 5.91 Å². The van der Waals surface area contributed by atoms with E-state index in [0.717, 1.165) is 5.56 Å². The number of amides is 1. The van der Waals surface area contributed by atoms with Crippen molar-refractivity contribution in [2.24, 2.45) is 5.73 Å². The van der Waals surface area contributed by atoms with Crippen LogP contribution in [0.2, 0.25) is 0 Å². The Morgan fingerprint density at radius 1 is 1.45 bits per heavy atom. The molecule has 0 aliphatic heterocycles. The first-order valence-corrected chi connectivity index (χ1v) is 7.36. The minimum absolute atomic E-state index is 0.0124. The van der Waals surface area contributed by atoms with Gasteiger partial charge in [-0.05, 0) is 25.5 Å². The van der Waals surface area contributed by atoms with Crippen LogP contribution < -0.4 is 11.3 Å². The average molecular weight is 302 g/mol. The second-order valence-electron chi connectivity index (χ2n) is 5.55. The molecule has 0 spiro atoms. The van der Waals surface area contributed by atoms with Gasteiger partial charge in [-0.2, -0.15) is 0 Å². The molecule has 1 aromatic carbocycles. The van der Waals surface area contributed by atoms with Gasteiger partial charge < -0.3 is 10.6 Å². The molecule has 2 N–H and O–H groups in total. The van der Waals surface area contributed by atoms with Crippen LogP contribution in [-0.4, -0.2) is 40.0 Å². The summed E-state index contributed by atoms with van der Waals surface area (Å²) in [6, 6.07) is 5.51. The third kappa shape index (κ3) is 3.17. The van der Waals surface area contributed by atoms with Crippen molar-refractivity contribution in [1.29, 1.82) is 0 Å². The highest BCUT2D eigenvalue weighted by Crippen LogP contribution is 2.11. The highest BCUT2D eigenvalue weighted by molar-refractivity contribution is 5.80. The van der Waals surface area contributed by atoms with Gasteiger partial charge in [0.05, 0.1) is 17.2 Å². The molecule has 0 aliphatic carbocycles. The second-order valence-corrected chi connectivity index (χ2v) is 5.55. The van der Waals surface area contributed by atoms with Crippen LogP contribution in [0.15, 0.2) is 29.3 Å². The summed E-state index contributed by atoms with van der Waals surface area (Å²) >= 11 is 0. The largest absolute Gasteiger partial charge is 0.342 e. The number of nitrogens with zero attached hydrogens (tertiary/aromatic N) is 3. The SMILES string of the molecule is Cc1cccc2c(=O)n(CCC(=O)N(C)C(C)CN)cnc12. The van der Waals surface area contributed by atoms with E-state index in [1.54, 1.807) is 18.0 Å².